The number of hydrogen-bond acceptors (Lipinski definition) is 3. The lowest BCUT2D eigenvalue weighted by molar-refractivity contribution is -0.349. The summed E-state index contributed by atoms with van der Waals surface area (Å²) in [6.45, 7) is 3.47. The van der Waals surface area contributed by atoms with Gasteiger partial charge < -0.3 is 5.11 Å². The van der Waals surface area contributed by atoms with Crippen LogP contribution in [-0.2, 0) is 21.9 Å². The highest BCUT2D eigenvalue weighted by molar-refractivity contribution is 7.92. The molecule has 0 unspecified atom stereocenters. The van der Waals surface area contributed by atoms with Crippen LogP contribution in [0.2, 0.25) is 0 Å². The van der Waals surface area contributed by atoms with Crippen molar-refractivity contribution < 1.29 is 49.1 Å². The monoisotopic (exact) mass is 438 g/mol. The van der Waals surface area contributed by atoms with Gasteiger partial charge in [-0.3, -0.25) is 0 Å². The van der Waals surface area contributed by atoms with E-state index in [1.165, 1.54) is 6.92 Å². The maximum Gasteiger partial charge on any atom is 0.435 e. The summed E-state index contributed by atoms with van der Waals surface area (Å²) in [4.78, 5) is 9.74. The molecule has 0 amide bonds. The normalized spacial score (nSPS) is 14.8. The van der Waals surface area contributed by atoms with Crippen LogP contribution in [-0.4, -0.2) is 37.1 Å². The van der Waals surface area contributed by atoms with Gasteiger partial charge in [0.25, 0.3) is 0 Å². The number of benzene rings is 1. The summed E-state index contributed by atoms with van der Waals surface area (Å²) >= 11 is 0. The van der Waals surface area contributed by atoms with E-state index in [1.54, 1.807) is 0 Å². The standard InChI is InChI=1S/C16H17F7O4S/c1-4-8(3)28(26,27)12-9(5-2)10(13(24)25)6-7-11(12)14(17,15(18,19)20)16(21,22)23/h6-8H,4-5H2,1-3H3,(H,24,25)/t8-/m1/s1. The van der Waals surface area contributed by atoms with Gasteiger partial charge in [-0.25, -0.2) is 17.6 Å². The Hall–Kier alpha value is -1.85. The van der Waals surface area contributed by atoms with Gasteiger partial charge >= 0.3 is 24.0 Å². The maximum atomic E-state index is 14.7. The summed E-state index contributed by atoms with van der Waals surface area (Å²) in [6, 6.07) is 0.275. The molecular weight excluding hydrogens is 421 g/mol. The summed E-state index contributed by atoms with van der Waals surface area (Å²) in [7, 11) is -4.93. The van der Waals surface area contributed by atoms with Gasteiger partial charge in [0, 0.05) is 5.56 Å². The second-order valence-corrected chi connectivity index (χ2v) is 8.35. The first kappa shape index (κ1) is 24.2. The van der Waals surface area contributed by atoms with E-state index >= 15 is 0 Å². The lowest BCUT2D eigenvalue weighted by Crippen LogP contribution is -2.51. The molecule has 0 radical (unpaired) electrons. The minimum atomic E-state index is -6.54. The number of carboxylic acid groups (broad SMARTS) is 1. The molecule has 0 aliphatic rings. The molecule has 0 fully saturated rings. The highest BCUT2D eigenvalue weighted by Gasteiger charge is 2.74. The van der Waals surface area contributed by atoms with Crippen LogP contribution in [0.1, 0.15) is 48.7 Å². The van der Waals surface area contributed by atoms with Crippen LogP contribution in [0, 0.1) is 0 Å². The van der Waals surface area contributed by atoms with Gasteiger partial charge in [-0.2, -0.15) is 26.3 Å². The average Bonchev–Trinajstić information content (AvgIpc) is 2.56. The first-order valence-corrected chi connectivity index (χ1v) is 9.48. The minimum Gasteiger partial charge on any atom is -0.478 e. The SMILES string of the molecule is CCc1c(C(=O)O)ccc(C(F)(C(F)(F)F)C(F)(F)F)c1S(=O)(=O)[C@H](C)CC. The van der Waals surface area contributed by atoms with Crippen molar-refractivity contribution in [3.63, 3.8) is 0 Å². The molecule has 1 aromatic carbocycles. The molecule has 1 aromatic rings. The molecule has 0 saturated carbocycles. The van der Waals surface area contributed by atoms with Crippen LogP contribution < -0.4 is 0 Å². The Morgan fingerprint density at radius 3 is 1.82 bits per heavy atom. The van der Waals surface area contributed by atoms with E-state index in [0.717, 1.165) is 13.8 Å². The Balaban J connectivity index is 4.27. The van der Waals surface area contributed by atoms with E-state index in [9.17, 15) is 43.9 Å². The van der Waals surface area contributed by atoms with Gasteiger partial charge in [0.1, 0.15) is 0 Å². The molecule has 0 spiro atoms. The largest absolute Gasteiger partial charge is 0.478 e. The number of sulfone groups is 1. The van der Waals surface area contributed by atoms with Crippen molar-refractivity contribution >= 4 is 15.8 Å². The first-order valence-electron chi connectivity index (χ1n) is 7.94. The lowest BCUT2D eigenvalue weighted by Gasteiger charge is -2.33. The molecule has 160 valence electrons. The van der Waals surface area contributed by atoms with Gasteiger partial charge in [-0.15, -0.1) is 0 Å². The van der Waals surface area contributed by atoms with E-state index in [0.29, 0.717) is 6.07 Å². The number of rotatable bonds is 6. The van der Waals surface area contributed by atoms with Crippen molar-refractivity contribution in [2.24, 2.45) is 0 Å². The number of carbonyl (C=O) groups is 1. The topological polar surface area (TPSA) is 71.4 Å². The van der Waals surface area contributed by atoms with Crippen LogP contribution >= 0.6 is 0 Å². The highest BCUT2D eigenvalue weighted by atomic mass is 32.2. The van der Waals surface area contributed by atoms with Gasteiger partial charge in [0.05, 0.1) is 15.7 Å². The maximum absolute atomic E-state index is 14.7. The van der Waals surface area contributed by atoms with E-state index < -0.39 is 67.1 Å². The number of alkyl halides is 7. The molecule has 0 bridgehead atoms. The third-order valence-electron chi connectivity index (χ3n) is 4.39. The zero-order valence-corrected chi connectivity index (χ0v) is 15.7. The highest BCUT2D eigenvalue weighted by Crippen LogP contribution is 2.55. The fraction of sp³-hybridized carbons (Fsp3) is 0.562. The molecule has 0 aromatic heterocycles. The smallest absolute Gasteiger partial charge is 0.435 e. The molecule has 0 saturated heterocycles. The number of halogens is 7. The molecule has 1 atom stereocenters. The third kappa shape index (κ3) is 3.70. The zero-order chi connectivity index (χ0) is 22.3. The van der Waals surface area contributed by atoms with Crippen molar-refractivity contribution in [2.45, 2.75) is 61.8 Å². The van der Waals surface area contributed by atoms with E-state index in [1.807, 2.05) is 0 Å². The lowest BCUT2D eigenvalue weighted by atomic mass is 9.90. The molecule has 12 heteroatoms. The second kappa shape index (κ2) is 7.53. The Bertz CT molecular complexity index is 843. The second-order valence-electron chi connectivity index (χ2n) is 6.04. The van der Waals surface area contributed by atoms with E-state index in [4.69, 9.17) is 5.11 Å². The van der Waals surface area contributed by atoms with Crippen molar-refractivity contribution in [1.82, 2.24) is 0 Å². The fourth-order valence-corrected chi connectivity index (χ4v) is 4.62. The third-order valence-corrected chi connectivity index (χ3v) is 6.81. The summed E-state index contributed by atoms with van der Waals surface area (Å²) in [5.74, 6) is -1.77. The van der Waals surface area contributed by atoms with Gasteiger partial charge in [-0.1, -0.05) is 19.9 Å². The van der Waals surface area contributed by atoms with Crippen molar-refractivity contribution in [3.05, 3.63) is 28.8 Å². The van der Waals surface area contributed by atoms with Crippen molar-refractivity contribution in [3.8, 4) is 0 Å². The summed E-state index contributed by atoms with van der Waals surface area (Å²) < 4.78 is 120. The number of hydrogen-bond donors (Lipinski definition) is 1. The van der Waals surface area contributed by atoms with E-state index in [2.05, 4.69) is 0 Å². The van der Waals surface area contributed by atoms with Gasteiger partial charge in [0.2, 0.25) is 0 Å². The molecule has 0 aliphatic carbocycles. The average molecular weight is 438 g/mol. The Labute approximate surface area is 156 Å². The fourth-order valence-electron chi connectivity index (χ4n) is 2.66. The molecule has 4 nitrogen and oxygen atoms in total. The quantitative estimate of drug-likeness (QED) is 0.648. The summed E-state index contributed by atoms with van der Waals surface area (Å²) in [5, 5.41) is 7.68. The zero-order valence-electron chi connectivity index (χ0n) is 14.9. The predicted molar refractivity (Wildman–Crippen MR) is 84.6 cm³/mol. The molecule has 1 rings (SSSR count). The van der Waals surface area contributed by atoms with Crippen LogP contribution in [0.15, 0.2) is 17.0 Å². The molecule has 28 heavy (non-hydrogen) atoms. The summed E-state index contributed by atoms with van der Waals surface area (Å²) in [6.07, 6.45) is -13.8. The van der Waals surface area contributed by atoms with Gasteiger partial charge in [-0.05, 0) is 31.4 Å². The Morgan fingerprint density at radius 1 is 1.04 bits per heavy atom. The van der Waals surface area contributed by atoms with Crippen molar-refractivity contribution in [2.75, 3.05) is 0 Å². The van der Waals surface area contributed by atoms with Crippen molar-refractivity contribution in [1.29, 1.82) is 0 Å². The van der Waals surface area contributed by atoms with Crippen LogP contribution in [0.4, 0.5) is 30.7 Å². The van der Waals surface area contributed by atoms with E-state index in [-0.39, 0.29) is 12.5 Å². The van der Waals surface area contributed by atoms with Crippen LogP contribution in [0.25, 0.3) is 0 Å². The van der Waals surface area contributed by atoms with Crippen LogP contribution in [0.5, 0.6) is 0 Å². The predicted octanol–water partition coefficient (Wildman–Crippen LogP) is 4.81. The molecule has 0 aliphatic heterocycles. The molecule has 1 N–H and O–H groups in total. The summed E-state index contributed by atoms with van der Waals surface area (Å²) in [5.41, 5.74) is -9.83. The Morgan fingerprint density at radius 2 is 1.50 bits per heavy atom. The minimum absolute atomic E-state index is 0.0706. The first-order chi connectivity index (χ1) is 12.5. The van der Waals surface area contributed by atoms with Crippen LogP contribution in [0.3, 0.4) is 0 Å². The number of carboxylic acids is 1. The number of aromatic carboxylic acids is 1. The molecular formula is C16H17F7O4S. The molecule has 0 heterocycles. The Kier molecular flexibility index (Phi) is 6.50. The van der Waals surface area contributed by atoms with Gasteiger partial charge in [0.15, 0.2) is 9.84 Å².